The smallest absolute Gasteiger partial charge is 0.272 e. The Hall–Kier alpha value is -1.66. The number of nitrogens with zero attached hydrogens (tertiary/aromatic N) is 2. The van der Waals surface area contributed by atoms with E-state index in [-0.39, 0.29) is 22.4 Å². The molecule has 0 radical (unpaired) electrons. The average Bonchev–Trinajstić information content (AvgIpc) is 2.86. The number of pyridine rings is 1. The molecule has 0 saturated heterocycles. The minimum Gasteiger partial charge on any atom is -0.384 e. The number of nitrogen functional groups attached to an aromatic ring is 1. The second-order valence-electron chi connectivity index (χ2n) is 4.48. The van der Waals surface area contributed by atoms with Crippen LogP contribution in [0.4, 0.5) is 5.82 Å². The number of rotatable bonds is 3. The van der Waals surface area contributed by atoms with Gasteiger partial charge in [-0.2, -0.15) is 0 Å². The van der Waals surface area contributed by atoms with Gasteiger partial charge >= 0.3 is 0 Å². The number of hydrogen-bond acceptors (Lipinski definition) is 5. The molecule has 0 atom stereocenters. The highest BCUT2D eigenvalue weighted by Gasteiger charge is 2.27. The van der Waals surface area contributed by atoms with Gasteiger partial charge in [0.05, 0.1) is 10.6 Å². The number of amides is 1. The van der Waals surface area contributed by atoms with Crippen molar-refractivity contribution in [2.24, 2.45) is 0 Å². The summed E-state index contributed by atoms with van der Waals surface area (Å²) in [6.45, 7) is 3.73. The summed E-state index contributed by atoms with van der Waals surface area (Å²) in [4.78, 5) is 20.3. The Morgan fingerprint density at radius 2 is 2.21 bits per heavy atom. The van der Waals surface area contributed by atoms with Gasteiger partial charge in [-0.05, 0) is 26.0 Å². The third-order valence-electron chi connectivity index (χ3n) is 2.48. The molecule has 2 aromatic heterocycles. The van der Waals surface area contributed by atoms with Crippen LogP contribution in [0.2, 0.25) is 5.02 Å². The maximum absolute atomic E-state index is 12.2. The predicted octanol–water partition coefficient (Wildman–Crippen LogP) is 2.44. The molecular formula is C12H13ClN4OS. The minimum atomic E-state index is -0.596. The zero-order valence-electron chi connectivity index (χ0n) is 10.5. The Kier molecular flexibility index (Phi) is 3.73. The van der Waals surface area contributed by atoms with E-state index < -0.39 is 5.54 Å². The number of nitrogens with two attached hydrogens (primary N) is 1. The second-order valence-corrected chi connectivity index (χ2v) is 5.78. The van der Waals surface area contributed by atoms with E-state index in [1.165, 1.54) is 11.3 Å². The fourth-order valence-electron chi connectivity index (χ4n) is 1.55. The molecule has 100 valence electrons. The van der Waals surface area contributed by atoms with E-state index in [4.69, 9.17) is 17.3 Å². The highest BCUT2D eigenvalue weighted by Crippen LogP contribution is 2.23. The fourth-order valence-corrected chi connectivity index (χ4v) is 2.45. The van der Waals surface area contributed by atoms with Crippen molar-refractivity contribution in [3.05, 3.63) is 39.4 Å². The van der Waals surface area contributed by atoms with Crippen molar-refractivity contribution >= 4 is 34.7 Å². The standard InChI is InChI=1S/C12H13ClN4OS/c1-12(2,11-15-5-6-19-11)17-10(18)9-7(13)3-4-8(14)16-9/h3-6H,1-2H3,(H2,14,16)(H,17,18). The number of aromatic nitrogens is 2. The lowest BCUT2D eigenvalue weighted by molar-refractivity contribution is 0.0907. The molecule has 0 spiro atoms. The molecule has 0 saturated carbocycles. The highest BCUT2D eigenvalue weighted by atomic mass is 35.5. The van der Waals surface area contributed by atoms with Crippen molar-refractivity contribution in [3.63, 3.8) is 0 Å². The van der Waals surface area contributed by atoms with Gasteiger partial charge in [-0.3, -0.25) is 4.79 Å². The topological polar surface area (TPSA) is 80.9 Å². The van der Waals surface area contributed by atoms with E-state index in [1.807, 2.05) is 19.2 Å². The number of thiazole rings is 1. The van der Waals surface area contributed by atoms with Crippen molar-refractivity contribution in [1.29, 1.82) is 0 Å². The van der Waals surface area contributed by atoms with Crippen LogP contribution in [0.15, 0.2) is 23.7 Å². The zero-order valence-corrected chi connectivity index (χ0v) is 12.0. The molecule has 0 aliphatic carbocycles. The number of carbonyl (C=O) groups excluding carboxylic acids is 1. The Morgan fingerprint density at radius 1 is 1.47 bits per heavy atom. The van der Waals surface area contributed by atoms with Gasteiger partial charge < -0.3 is 11.1 Å². The van der Waals surface area contributed by atoms with Gasteiger partial charge in [0.1, 0.15) is 16.5 Å². The maximum Gasteiger partial charge on any atom is 0.272 e. The van der Waals surface area contributed by atoms with E-state index in [2.05, 4.69) is 15.3 Å². The van der Waals surface area contributed by atoms with Gasteiger partial charge in [-0.15, -0.1) is 11.3 Å². The van der Waals surface area contributed by atoms with Crippen LogP contribution in [0.1, 0.15) is 29.3 Å². The van der Waals surface area contributed by atoms with Crippen LogP contribution in [0, 0.1) is 0 Å². The van der Waals surface area contributed by atoms with E-state index in [9.17, 15) is 4.79 Å². The van der Waals surface area contributed by atoms with Gasteiger partial charge in [-0.1, -0.05) is 11.6 Å². The summed E-state index contributed by atoms with van der Waals surface area (Å²) in [5.74, 6) is -0.126. The van der Waals surface area contributed by atoms with Crippen LogP contribution in [0.3, 0.4) is 0 Å². The number of halogens is 1. The van der Waals surface area contributed by atoms with Crippen LogP contribution >= 0.6 is 22.9 Å². The minimum absolute atomic E-state index is 0.117. The third-order valence-corrected chi connectivity index (χ3v) is 3.88. The summed E-state index contributed by atoms with van der Waals surface area (Å²) in [5, 5.41) is 5.78. The summed E-state index contributed by atoms with van der Waals surface area (Å²) in [6, 6.07) is 3.10. The number of carbonyl (C=O) groups is 1. The van der Waals surface area contributed by atoms with Crippen LogP contribution in [-0.4, -0.2) is 15.9 Å². The van der Waals surface area contributed by atoms with Crippen LogP contribution in [-0.2, 0) is 5.54 Å². The molecule has 0 fully saturated rings. The molecule has 0 aliphatic rings. The lowest BCUT2D eigenvalue weighted by Gasteiger charge is -2.23. The summed E-state index contributed by atoms with van der Waals surface area (Å²) < 4.78 is 0. The van der Waals surface area contributed by atoms with Crippen LogP contribution < -0.4 is 11.1 Å². The second kappa shape index (κ2) is 5.14. The fraction of sp³-hybridized carbons (Fsp3) is 0.250. The van der Waals surface area contributed by atoms with Crippen molar-refractivity contribution in [2.75, 3.05) is 5.73 Å². The van der Waals surface area contributed by atoms with Crippen molar-refractivity contribution in [1.82, 2.24) is 15.3 Å². The lowest BCUT2D eigenvalue weighted by atomic mass is 10.1. The molecule has 19 heavy (non-hydrogen) atoms. The zero-order chi connectivity index (χ0) is 14.0. The quantitative estimate of drug-likeness (QED) is 0.911. The van der Waals surface area contributed by atoms with Crippen LogP contribution in [0.5, 0.6) is 0 Å². The molecule has 0 aliphatic heterocycles. The Balaban J connectivity index is 2.24. The monoisotopic (exact) mass is 296 g/mol. The van der Waals surface area contributed by atoms with Crippen molar-refractivity contribution in [2.45, 2.75) is 19.4 Å². The molecule has 0 unspecified atom stereocenters. The maximum atomic E-state index is 12.2. The summed E-state index contributed by atoms with van der Waals surface area (Å²) >= 11 is 7.42. The van der Waals surface area contributed by atoms with Gasteiger partial charge in [0.2, 0.25) is 0 Å². The molecule has 3 N–H and O–H groups in total. The molecule has 2 aromatic rings. The summed E-state index contributed by atoms with van der Waals surface area (Å²) in [5.41, 5.74) is 5.08. The molecule has 5 nitrogen and oxygen atoms in total. The highest BCUT2D eigenvalue weighted by molar-refractivity contribution is 7.09. The first-order valence-corrected chi connectivity index (χ1v) is 6.80. The van der Waals surface area contributed by atoms with Crippen LogP contribution in [0.25, 0.3) is 0 Å². The normalized spacial score (nSPS) is 11.3. The van der Waals surface area contributed by atoms with E-state index in [0.29, 0.717) is 0 Å². The van der Waals surface area contributed by atoms with E-state index >= 15 is 0 Å². The predicted molar refractivity (Wildman–Crippen MR) is 76.3 cm³/mol. The molecular weight excluding hydrogens is 284 g/mol. The average molecular weight is 297 g/mol. The van der Waals surface area contributed by atoms with E-state index in [1.54, 1.807) is 18.3 Å². The number of anilines is 1. The molecule has 7 heteroatoms. The first-order chi connectivity index (χ1) is 8.90. The Labute approximate surface area is 119 Å². The lowest BCUT2D eigenvalue weighted by Crippen LogP contribution is -2.41. The van der Waals surface area contributed by atoms with Crippen molar-refractivity contribution in [3.8, 4) is 0 Å². The Morgan fingerprint density at radius 3 is 2.84 bits per heavy atom. The van der Waals surface area contributed by atoms with Gasteiger partial charge in [-0.25, -0.2) is 9.97 Å². The number of nitrogens with one attached hydrogen (secondary N) is 1. The SMILES string of the molecule is CC(C)(NC(=O)c1nc(N)ccc1Cl)c1nccs1. The first-order valence-electron chi connectivity index (χ1n) is 5.54. The summed E-state index contributed by atoms with van der Waals surface area (Å²) in [6.07, 6.45) is 1.69. The molecule has 1 amide bonds. The first kappa shape index (κ1) is 13.8. The Bertz CT molecular complexity index is 598. The molecule has 2 heterocycles. The molecule has 0 aromatic carbocycles. The van der Waals surface area contributed by atoms with E-state index in [0.717, 1.165) is 5.01 Å². The molecule has 0 bridgehead atoms. The largest absolute Gasteiger partial charge is 0.384 e. The van der Waals surface area contributed by atoms with Gasteiger partial charge in [0.25, 0.3) is 5.91 Å². The molecule has 2 rings (SSSR count). The number of hydrogen-bond donors (Lipinski definition) is 2. The van der Waals surface area contributed by atoms with Crippen molar-refractivity contribution < 1.29 is 4.79 Å². The summed E-state index contributed by atoms with van der Waals surface area (Å²) in [7, 11) is 0. The van der Waals surface area contributed by atoms with Gasteiger partial charge in [0.15, 0.2) is 0 Å². The van der Waals surface area contributed by atoms with Gasteiger partial charge in [0, 0.05) is 11.6 Å². The third kappa shape index (κ3) is 3.02.